The molecular formula is C34H43N3O5S. The van der Waals surface area contributed by atoms with Crippen molar-refractivity contribution in [2.75, 3.05) is 17.1 Å². The highest BCUT2D eigenvalue weighted by molar-refractivity contribution is 7.92. The van der Waals surface area contributed by atoms with Gasteiger partial charge in [-0.2, -0.15) is 0 Å². The smallest absolute Gasteiger partial charge is 0.244 e. The second-order valence-corrected chi connectivity index (χ2v) is 13.2. The van der Waals surface area contributed by atoms with Crippen molar-refractivity contribution in [2.45, 2.75) is 77.6 Å². The predicted molar refractivity (Wildman–Crippen MR) is 170 cm³/mol. The molecule has 8 nitrogen and oxygen atoms in total. The van der Waals surface area contributed by atoms with Gasteiger partial charge < -0.3 is 15.0 Å². The van der Waals surface area contributed by atoms with Crippen LogP contribution in [0.5, 0.6) is 5.75 Å². The minimum atomic E-state index is -3.83. The van der Waals surface area contributed by atoms with Crippen molar-refractivity contribution in [3.8, 4) is 5.75 Å². The summed E-state index contributed by atoms with van der Waals surface area (Å²) in [5.74, 6) is -0.0510. The maximum Gasteiger partial charge on any atom is 0.244 e. The van der Waals surface area contributed by atoms with E-state index in [4.69, 9.17) is 4.74 Å². The molecule has 0 spiro atoms. The minimum absolute atomic E-state index is 0.0980. The Labute approximate surface area is 256 Å². The van der Waals surface area contributed by atoms with Crippen molar-refractivity contribution >= 4 is 27.5 Å². The number of nitrogens with one attached hydrogen (secondary N) is 1. The zero-order valence-electron chi connectivity index (χ0n) is 25.4. The molecule has 43 heavy (non-hydrogen) atoms. The molecule has 0 bridgehead atoms. The largest absolute Gasteiger partial charge is 0.489 e. The molecule has 0 aliphatic heterocycles. The summed E-state index contributed by atoms with van der Waals surface area (Å²) in [5, 5.41) is 3.17. The van der Waals surface area contributed by atoms with Gasteiger partial charge in [0.15, 0.2) is 0 Å². The van der Waals surface area contributed by atoms with Gasteiger partial charge in [-0.1, -0.05) is 80.8 Å². The van der Waals surface area contributed by atoms with Gasteiger partial charge in [0.25, 0.3) is 0 Å². The standard InChI is InChI=1S/C34H43N3O5S/c1-4-32(34(39)35-29-17-9-6-10-18-29)36(23-28-16-12-11-13-26(28)2)33(38)24-37(43(3,40)41)30-19-21-31(22-20-30)42-25-27-14-7-5-8-15-27/h5,7-8,11-16,19-22,29,32H,4,6,9-10,17-18,23-25H2,1-3H3,(H,35,39). The van der Waals surface area contributed by atoms with Crippen LogP contribution in [0.4, 0.5) is 5.69 Å². The number of sulfonamides is 1. The Morgan fingerprint density at radius 2 is 1.58 bits per heavy atom. The van der Waals surface area contributed by atoms with Gasteiger partial charge in [0, 0.05) is 12.6 Å². The van der Waals surface area contributed by atoms with Crippen molar-refractivity contribution in [3.63, 3.8) is 0 Å². The van der Waals surface area contributed by atoms with Crippen LogP contribution in [0.3, 0.4) is 0 Å². The van der Waals surface area contributed by atoms with E-state index in [-0.39, 0.29) is 18.5 Å². The lowest BCUT2D eigenvalue weighted by atomic mass is 9.95. The van der Waals surface area contributed by atoms with Crippen LogP contribution in [0.25, 0.3) is 0 Å². The van der Waals surface area contributed by atoms with Crippen LogP contribution in [0, 0.1) is 6.92 Å². The number of carbonyl (C=O) groups is 2. The highest BCUT2D eigenvalue weighted by Gasteiger charge is 2.33. The van der Waals surface area contributed by atoms with Gasteiger partial charge in [0.1, 0.15) is 24.9 Å². The van der Waals surface area contributed by atoms with Crippen LogP contribution in [0.1, 0.15) is 62.1 Å². The molecule has 9 heteroatoms. The van der Waals surface area contributed by atoms with Gasteiger partial charge in [-0.25, -0.2) is 8.42 Å². The zero-order chi connectivity index (χ0) is 30.8. The van der Waals surface area contributed by atoms with Crippen LogP contribution in [0.15, 0.2) is 78.9 Å². The van der Waals surface area contributed by atoms with Crippen molar-refractivity contribution in [1.29, 1.82) is 0 Å². The van der Waals surface area contributed by atoms with Crippen LogP contribution in [0.2, 0.25) is 0 Å². The average Bonchev–Trinajstić information content (AvgIpc) is 3.00. The van der Waals surface area contributed by atoms with Gasteiger partial charge in [-0.05, 0) is 67.1 Å². The molecule has 0 saturated heterocycles. The number of hydrogen-bond acceptors (Lipinski definition) is 5. The highest BCUT2D eigenvalue weighted by Crippen LogP contribution is 2.24. The molecule has 0 aromatic heterocycles. The Morgan fingerprint density at radius 1 is 0.930 bits per heavy atom. The molecule has 3 aromatic carbocycles. The third kappa shape index (κ3) is 9.07. The summed E-state index contributed by atoms with van der Waals surface area (Å²) >= 11 is 0. The second-order valence-electron chi connectivity index (χ2n) is 11.3. The van der Waals surface area contributed by atoms with E-state index in [1.54, 1.807) is 24.3 Å². The SMILES string of the molecule is CCC(C(=O)NC1CCCCC1)N(Cc1ccccc1C)C(=O)CN(c1ccc(OCc2ccccc2)cc1)S(C)(=O)=O. The van der Waals surface area contributed by atoms with E-state index in [9.17, 15) is 18.0 Å². The van der Waals surface area contributed by atoms with Crippen LogP contribution in [-0.4, -0.2) is 50.0 Å². The first-order valence-electron chi connectivity index (χ1n) is 15.0. The first kappa shape index (κ1) is 32.1. The van der Waals surface area contributed by atoms with E-state index in [1.165, 1.54) is 11.3 Å². The number of aryl methyl sites for hydroxylation is 1. The first-order chi connectivity index (χ1) is 20.7. The molecule has 1 saturated carbocycles. The summed E-state index contributed by atoms with van der Waals surface area (Å²) in [7, 11) is -3.83. The molecule has 230 valence electrons. The van der Waals surface area contributed by atoms with E-state index < -0.39 is 28.5 Å². The number of ether oxygens (including phenoxy) is 1. The Morgan fingerprint density at radius 3 is 2.21 bits per heavy atom. The van der Waals surface area contributed by atoms with Gasteiger partial charge >= 0.3 is 0 Å². The van der Waals surface area contributed by atoms with Crippen molar-refractivity contribution in [3.05, 3.63) is 95.6 Å². The fraction of sp³-hybridized carbons (Fsp3) is 0.412. The normalized spacial score (nSPS) is 14.5. The summed E-state index contributed by atoms with van der Waals surface area (Å²) < 4.78 is 32.9. The molecule has 1 aliphatic rings. The molecule has 1 fully saturated rings. The molecular weight excluding hydrogens is 562 g/mol. The number of hydrogen-bond donors (Lipinski definition) is 1. The lowest BCUT2D eigenvalue weighted by Gasteiger charge is -2.34. The van der Waals surface area contributed by atoms with E-state index in [0.29, 0.717) is 24.5 Å². The van der Waals surface area contributed by atoms with Crippen LogP contribution < -0.4 is 14.4 Å². The molecule has 0 heterocycles. The molecule has 2 amide bonds. The topological polar surface area (TPSA) is 96.0 Å². The van der Waals surface area contributed by atoms with Gasteiger partial charge in [-0.15, -0.1) is 0 Å². The number of rotatable bonds is 13. The third-order valence-electron chi connectivity index (χ3n) is 7.99. The number of carbonyl (C=O) groups excluding carboxylic acids is 2. The average molecular weight is 606 g/mol. The number of benzene rings is 3. The highest BCUT2D eigenvalue weighted by atomic mass is 32.2. The maximum atomic E-state index is 14.0. The molecule has 1 aliphatic carbocycles. The molecule has 1 N–H and O–H groups in total. The van der Waals surface area contributed by atoms with Crippen LogP contribution in [-0.2, 0) is 32.8 Å². The minimum Gasteiger partial charge on any atom is -0.489 e. The van der Waals surface area contributed by atoms with Gasteiger partial charge in [0.2, 0.25) is 21.8 Å². The Balaban J connectivity index is 1.55. The van der Waals surface area contributed by atoms with E-state index in [1.807, 2.05) is 68.4 Å². The fourth-order valence-electron chi connectivity index (χ4n) is 5.50. The molecule has 1 unspecified atom stereocenters. The first-order valence-corrected chi connectivity index (χ1v) is 16.9. The number of amides is 2. The summed E-state index contributed by atoms with van der Waals surface area (Å²) in [6.45, 7) is 3.99. The Hall–Kier alpha value is -3.85. The summed E-state index contributed by atoms with van der Waals surface area (Å²) in [5.41, 5.74) is 3.26. The monoisotopic (exact) mass is 605 g/mol. The second kappa shape index (κ2) is 15.0. The quantitative estimate of drug-likeness (QED) is 0.274. The Kier molecular flexibility index (Phi) is 11.2. The molecule has 3 aromatic rings. The fourth-order valence-corrected chi connectivity index (χ4v) is 6.35. The van der Waals surface area contributed by atoms with Crippen molar-refractivity contribution < 1.29 is 22.7 Å². The molecule has 1 atom stereocenters. The molecule has 0 radical (unpaired) electrons. The van der Waals surface area contributed by atoms with E-state index in [0.717, 1.165) is 52.9 Å². The lowest BCUT2D eigenvalue weighted by Crippen LogP contribution is -2.54. The zero-order valence-corrected chi connectivity index (χ0v) is 26.2. The van der Waals surface area contributed by atoms with Gasteiger partial charge in [-0.3, -0.25) is 13.9 Å². The summed E-state index contributed by atoms with van der Waals surface area (Å²) in [6.07, 6.45) is 6.67. The van der Waals surface area contributed by atoms with Crippen molar-refractivity contribution in [1.82, 2.24) is 10.2 Å². The molecule has 4 rings (SSSR count). The van der Waals surface area contributed by atoms with E-state index in [2.05, 4.69) is 5.32 Å². The number of anilines is 1. The van der Waals surface area contributed by atoms with Crippen LogP contribution >= 0.6 is 0 Å². The summed E-state index contributed by atoms with van der Waals surface area (Å²) in [6, 6.07) is 23.5. The summed E-state index contributed by atoms with van der Waals surface area (Å²) in [4.78, 5) is 29.1. The Bertz CT molecular complexity index is 1450. The maximum absolute atomic E-state index is 14.0. The van der Waals surface area contributed by atoms with Crippen molar-refractivity contribution in [2.24, 2.45) is 0 Å². The third-order valence-corrected chi connectivity index (χ3v) is 9.13. The van der Waals surface area contributed by atoms with E-state index >= 15 is 0 Å². The van der Waals surface area contributed by atoms with Gasteiger partial charge in [0.05, 0.1) is 11.9 Å². The lowest BCUT2D eigenvalue weighted by molar-refractivity contribution is -0.140. The number of nitrogens with zero attached hydrogens (tertiary/aromatic N) is 2. The predicted octanol–water partition coefficient (Wildman–Crippen LogP) is 5.60.